The average Bonchev–Trinajstić information content (AvgIpc) is 2.93. The lowest BCUT2D eigenvalue weighted by molar-refractivity contribution is -0.176. The van der Waals surface area contributed by atoms with Crippen molar-refractivity contribution in [3.63, 3.8) is 0 Å². The number of aliphatic carboxylic acids is 2. The van der Waals surface area contributed by atoms with Crippen LogP contribution in [0.3, 0.4) is 0 Å². The number of hydrogen-bond acceptors (Lipinski definition) is 5. The second kappa shape index (κ2) is 6.21. The van der Waals surface area contributed by atoms with Crippen molar-refractivity contribution in [1.29, 1.82) is 0 Å². The van der Waals surface area contributed by atoms with Crippen molar-refractivity contribution >= 4 is 11.9 Å². The second-order valence-electron chi connectivity index (χ2n) is 8.34. The molecule has 0 aliphatic carbocycles. The highest BCUT2D eigenvalue weighted by atomic mass is 16.5. The van der Waals surface area contributed by atoms with Gasteiger partial charge in [0.05, 0.1) is 24.0 Å². The third kappa shape index (κ3) is 2.67. The Morgan fingerprint density at radius 3 is 1.56 bits per heavy atom. The van der Waals surface area contributed by atoms with Gasteiger partial charge in [-0.05, 0) is 52.6 Å². The Morgan fingerprint density at radius 1 is 0.800 bits per heavy atom. The zero-order valence-corrected chi connectivity index (χ0v) is 14.9. The van der Waals surface area contributed by atoms with E-state index in [1.807, 2.05) is 14.1 Å². The minimum Gasteiger partial charge on any atom is -0.481 e. The van der Waals surface area contributed by atoms with Crippen LogP contribution in [0, 0.1) is 11.8 Å². The third-order valence-corrected chi connectivity index (χ3v) is 7.35. The highest BCUT2D eigenvalue weighted by Crippen LogP contribution is 2.44. The first kappa shape index (κ1) is 17.2. The van der Waals surface area contributed by atoms with Crippen molar-refractivity contribution in [2.45, 2.75) is 74.9 Å². The minimum absolute atomic E-state index is 0.00696. The molecule has 0 radical (unpaired) electrons. The van der Waals surface area contributed by atoms with Gasteiger partial charge in [-0.2, -0.15) is 0 Å². The maximum Gasteiger partial charge on any atom is 0.310 e. The summed E-state index contributed by atoms with van der Waals surface area (Å²) >= 11 is 0. The predicted molar refractivity (Wildman–Crippen MR) is 89.3 cm³/mol. The molecule has 0 aromatic rings. The standard InChI is InChI=1S/C18H28N2O5/c1-19-9-3-5-11(19)15(17(21)22)13(7-9)25-14-8-10-4-6-12(20(10)2)16(14)18(23)24/h9-16H,3-8H2,1-2H3,(H,21,22)(H,23,24)/t9-,10-,11-,12?,13-,14?,15+,16+/m1/s1. The van der Waals surface area contributed by atoms with Crippen LogP contribution in [0.5, 0.6) is 0 Å². The molecule has 0 aromatic carbocycles. The summed E-state index contributed by atoms with van der Waals surface area (Å²) in [5, 5.41) is 19.6. The molecule has 25 heavy (non-hydrogen) atoms. The Morgan fingerprint density at radius 2 is 1.20 bits per heavy atom. The molecule has 7 heteroatoms. The SMILES string of the molecule is CN1C2CC[C@@H]1CC(O[C@@H]1C[C@H]3CC[C@H]([C@@H]1C(=O)O)N3C)[C@H]2C(=O)O. The van der Waals surface area contributed by atoms with Gasteiger partial charge < -0.3 is 14.9 Å². The quantitative estimate of drug-likeness (QED) is 0.776. The highest BCUT2D eigenvalue weighted by molar-refractivity contribution is 5.73. The molecule has 2 unspecified atom stereocenters. The van der Waals surface area contributed by atoms with Crippen LogP contribution in [0.15, 0.2) is 0 Å². The molecular weight excluding hydrogens is 324 g/mol. The maximum atomic E-state index is 11.9. The van der Waals surface area contributed by atoms with Gasteiger partial charge in [0, 0.05) is 24.2 Å². The minimum atomic E-state index is -0.815. The average molecular weight is 352 g/mol. The van der Waals surface area contributed by atoms with Gasteiger partial charge in [-0.1, -0.05) is 0 Å². The van der Waals surface area contributed by atoms with Crippen molar-refractivity contribution in [1.82, 2.24) is 9.80 Å². The largest absolute Gasteiger partial charge is 0.481 e. The van der Waals surface area contributed by atoms with Gasteiger partial charge in [-0.15, -0.1) is 0 Å². The molecule has 0 aromatic heterocycles. The van der Waals surface area contributed by atoms with Gasteiger partial charge in [0.25, 0.3) is 0 Å². The molecule has 8 atom stereocenters. The summed E-state index contributed by atoms with van der Waals surface area (Å²) in [7, 11) is 4.01. The summed E-state index contributed by atoms with van der Waals surface area (Å²) in [6.07, 6.45) is 4.42. The van der Waals surface area contributed by atoms with Crippen molar-refractivity contribution in [2.75, 3.05) is 14.1 Å². The summed E-state index contributed by atoms with van der Waals surface area (Å²) in [6, 6.07) is 0.730. The van der Waals surface area contributed by atoms with E-state index in [9.17, 15) is 19.8 Å². The molecule has 4 rings (SSSR count). The van der Waals surface area contributed by atoms with E-state index in [0.717, 1.165) is 25.7 Å². The summed E-state index contributed by atoms with van der Waals surface area (Å²) in [5.74, 6) is -2.75. The molecule has 4 aliphatic rings. The maximum absolute atomic E-state index is 11.9. The number of nitrogens with zero attached hydrogens (tertiary/aromatic N) is 2. The van der Waals surface area contributed by atoms with E-state index in [-0.39, 0.29) is 24.3 Å². The van der Waals surface area contributed by atoms with Gasteiger partial charge >= 0.3 is 11.9 Å². The number of ether oxygens (including phenoxy) is 1. The van der Waals surface area contributed by atoms with E-state index in [0.29, 0.717) is 24.9 Å². The van der Waals surface area contributed by atoms with Gasteiger partial charge in [0.1, 0.15) is 0 Å². The third-order valence-electron chi connectivity index (χ3n) is 7.35. The van der Waals surface area contributed by atoms with E-state index >= 15 is 0 Å². The van der Waals surface area contributed by atoms with E-state index in [2.05, 4.69) is 9.80 Å². The fourth-order valence-corrected chi connectivity index (χ4v) is 5.99. The predicted octanol–water partition coefficient (Wildman–Crippen LogP) is 0.875. The molecule has 0 amide bonds. The number of hydrogen-bond donors (Lipinski definition) is 2. The number of piperidine rings is 2. The Hall–Kier alpha value is -1.18. The van der Waals surface area contributed by atoms with Crippen molar-refractivity contribution < 1.29 is 24.5 Å². The van der Waals surface area contributed by atoms with Crippen molar-refractivity contribution in [3.8, 4) is 0 Å². The Kier molecular flexibility index (Phi) is 4.29. The molecule has 0 spiro atoms. The summed E-state index contributed by atoms with van der Waals surface area (Å²) in [6.45, 7) is 0. The number of carbonyl (C=O) groups is 2. The van der Waals surface area contributed by atoms with Crippen LogP contribution in [-0.4, -0.2) is 82.4 Å². The van der Waals surface area contributed by atoms with Crippen LogP contribution in [0.2, 0.25) is 0 Å². The normalized spacial score (nSPS) is 47.1. The molecule has 4 heterocycles. The van der Waals surface area contributed by atoms with Crippen LogP contribution >= 0.6 is 0 Å². The zero-order valence-electron chi connectivity index (χ0n) is 14.9. The monoisotopic (exact) mass is 352 g/mol. The van der Waals surface area contributed by atoms with E-state index in [1.54, 1.807) is 0 Å². The number of carboxylic acid groups (broad SMARTS) is 2. The number of fused-ring (bicyclic) bond motifs is 4. The number of carboxylic acids is 2. The van der Waals surface area contributed by atoms with Crippen molar-refractivity contribution in [3.05, 3.63) is 0 Å². The molecular formula is C18H28N2O5. The first-order chi connectivity index (χ1) is 11.9. The van der Waals surface area contributed by atoms with Crippen LogP contribution in [0.25, 0.3) is 0 Å². The molecule has 140 valence electrons. The highest BCUT2D eigenvalue weighted by Gasteiger charge is 2.54. The summed E-state index contributed by atoms with van der Waals surface area (Å²) < 4.78 is 6.32. The second-order valence-corrected chi connectivity index (χ2v) is 8.34. The summed E-state index contributed by atoms with van der Waals surface area (Å²) in [4.78, 5) is 28.2. The fraction of sp³-hybridized carbons (Fsp3) is 0.889. The van der Waals surface area contributed by atoms with E-state index < -0.39 is 23.8 Å². The van der Waals surface area contributed by atoms with Gasteiger partial charge in [-0.25, -0.2) is 0 Å². The lowest BCUT2D eigenvalue weighted by Gasteiger charge is -2.46. The lowest BCUT2D eigenvalue weighted by Crippen LogP contribution is -2.57. The van der Waals surface area contributed by atoms with Crippen LogP contribution in [0.1, 0.15) is 38.5 Å². The van der Waals surface area contributed by atoms with E-state index in [4.69, 9.17) is 4.74 Å². The van der Waals surface area contributed by atoms with E-state index in [1.165, 1.54) is 0 Å². The first-order valence-electron chi connectivity index (χ1n) is 9.43. The molecule has 2 N–H and O–H groups in total. The molecule has 4 bridgehead atoms. The fourth-order valence-electron chi connectivity index (χ4n) is 5.99. The van der Waals surface area contributed by atoms with Gasteiger partial charge in [0.2, 0.25) is 0 Å². The Bertz CT molecular complexity index is 522. The van der Waals surface area contributed by atoms with Crippen molar-refractivity contribution in [2.24, 2.45) is 11.8 Å². The molecule has 4 saturated heterocycles. The first-order valence-corrected chi connectivity index (χ1v) is 9.43. The lowest BCUT2D eigenvalue weighted by atomic mass is 9.85. The van der Waals surface area contributed by atoms with Gasteiger partial charge in [0.15, 0.2) is 0 Å². The van der Waals surface area contributed by atoms with Crippen LogP contribution in [0.4, 0.5) is 0 Å². The topological polar surface area (TPSA) is 90.3 Å². The van der Waals surface area contributed by atoms with Crippen LogP contribution < -0.4 is 0 Å². The Labute approximate surface area is 147 Å². The summed E-state index contributed by atoms with van der Waals surface area (Å²) in [5.41, 5.74) is 0. The molecule has 7 nitrogen and oxygen atoms in total. The molecule has 0 saturated carbocycles. The zero-order chi connectivity index (χ0) is 17.9. The smallest absolute Gasteiger partial charge is 0.310 e. The van der Waals surface area contributed by atoms with Crippen LogP contribution in [-0.2, 0) is 14.3 Å². The van der Waals surface area contributed by atoms with Gasteiger partial charge in [-0.3, -0.25) is 19.4 Å². The Balaban J connectivity index is 1.56. The molecule has 4 fully saturated rings. The molecule has 4 aliphatic heterocycles. The number of rotatable bonds is 4.